The molecule has 2 aliphatic rings. The van der Waals surface area contributed by atoms with Crippen LogP contribution in [0.25, 0.3) is 28.3 Å². The molecule has 6 rings (SSSR count). The van der Waals surface area contributed by atoms with Crippen molar-refractivity contribution >= 4 is 5.82 Å². The lowest BCUT2D eigenvalue weighted by Crippen LogP contribution is -2.26. The zero-order valence-corrected chi connectivity index (χ0v) is 19.4. The zero-order valence-electron chi connectivity index (χ0n) is 19.4. The maximum absolute atomic E-state index is 9.11. The molecule has 34 heavy (non-hydrogen) atoms. The normalized spacial score (nSPS) is 16.6. The fourth-order valence-corrected chi connectivity index (χ4v) is 5.17. The standard InChI is InChI=1S/C26H26N8/c1-31(2)13-19-9-10-32(14-19)25-8-7-23-22(29-25)16-33-15-21(20-5-3-18(12-27)4-6-20)11-24(33)26-30-28-17-34(23)26/h3-8,11,15,17,19H,9-10,13-14,16H2,1-2H3/t19-/m0/s1. The minimum Gasteiger partial charge on any atom is -0.356 e. The highest BCUT2D eigenvalue weighted by molar-refractivity contribution is 5.71. The fourth-order valence-electron chi connectivity index (χ4n) is 5.17. The molecule has 170 valence electrons. The first-order chi connectivity index (χ1) is 16.6. The van der Waals surface area contributed by atoms with Gasteiger partial charge >= 0.3 is 0 Å². The second-order valence-electron chi connectivity index (χ2n) is 9.45. The van der Waals surface area contributed by atoms with Crippen LogP contribution in [0.15, 0.2) is 55.0 Å². The maximum atomic E-state index is 9.11. The molecule has 8 nitrogen and oxygen atoms in total. The number of nitrogens with zero attached hydrogens (tertiary/aromatic N) is 8. The van der Waals surface area contributed by atoms with Crippen LogP contribution in [0.3, 0.4) is 0 Å². The number of aromatic nitrogens is 5. The van der Waals surface area contributed by atoms with Crippen molar-refractivity contribution in [3.8, 4) is 34.4 Å². The predicted molar refractivity (Wildman–Crippen MR) is 131 cm³/mol. The van der Waals surface area contributed by atoms with Crippen molar-refractivity contribution in [3.63, 3.8) is 0 Å². The van der Waals surface area contributed by atoms with E-state index in [4.69, 9.17) is 10.2 Å². The van der Waals surface area contributed by atoms with E-state index in [0.29, 0.717) is 18.0 Å². The van der Waals surface area contributed by atoms with Gasteiger partial charge in [-0.25, -0.2) is 4.98 Å². The molecule has 1 saturated heterocycles. The minimum atomic E-state index is 0.657. The van der Waals surface area contributed by atoms with E-state index in [-0.39, 0.29) is 0 Å². The highest BCUT2D eigenvalue weighted by Gasteiger charge is 2.27. The maximum Gasteiger partial charge on any atom is 0.185 e. The van der Waals surface area contributed by atoms with Crippen molar-refractivity contribution in [3.05, 3.63) is 66.2 Å². The molecule has 2 aliphatic heterocycles. The Morgan fingerprint density at radius 1 is 1.12 bits per heavy atom. The van der Waals surface area contributed by atoms with Gasteiger partial charge in [-0.2, -0.15) is 5.26 Å². The molecule has 0 radical (unpaired) electrons. The van der Waals surface area contributed by atoms with Crippen LogP contribution in [-0.4, -0.2) is 62.9 Å². The van der Waals surface area contributed by atoms with Crippen molar-refractivity contribution < 1.29 is 0 Å². The summed E-state index contributed by atoms with van der Waals surface area (Å²) in [5.74, 6) is 2.52. The summed E-state index contributed by atoms with van der Waals surface area (Å²) in [5, 5.41) is 17.8. The van der Waals surface area contributed by atoms with E-state index in [9.17, 15) is 0 Å². The van der Waals surface area contributed by atoms with Gasteiger partial charge < -0.3 is 14.4 Å². The van der Waals surface area contributed by atoms with Gasteiger partial charge in [0.2, 0.25) is 0 Å². The van der Waals surface area contributed by atoms with Crippen molar-refractivity contribution in [1.29, 1.82) is 5.26 Å². The summed E-state index contributed by atoms with van der Waals surface area (Å²) in [6.45, 7) is 3.85. The Morgan fingerprint density at radius 3 is 2.76 bits per heavy atom. The van der Waals surface area contributed by atoms with Gasteiger partial charge in [-0.3, -0.25) is 4.57 Å². The van der Waals surface area contributed by atoms with E-state index in [1.807, 2.05) is 28.8 Å². The number of rotatable bonds is 4. The topological polar surface area (TPSA) is 78.8 Å². The largest absolute Gasteiger partial charge is 0.356 e. The molecule has 0 bridgehead atoms. The molecule has 8 heteroatoms. The highest BCUT2D eigenvalue weighted by Crippen LogP contribution is 2.34. The number of fused-ring (bicyclic) bond motifs is 5. The quantitative estimate of drug-likeness (QED) is 0.418. The van der Waals surface area contributed by atoms with E-state index in [1.165, 1.54) is 6.42 Å². The minimum absolute atomic E-state index is 0.657. The molecule has 0 N–H and O–H groups in total. The lowest BCUT2D eigenvalue weighted by Gasteiger charge is -2.20. The van der Waals surface area contributed by atoms with Crippen molar-refractivity contribution in [2.24, 2.45) is 5.92 Å². The van der Waals surface area contributed by atoms with E-state index in [1.54, 1.807) is 6.33 Å². The van der Waals surface area contributed by atoms with Gasteiger partial charge in [0.05, 0.1) is 35.3 Å². The fraction of sp³-hybridized carbons (Fsp3) is 0.308. The van der Waals surface area contributed by atoms with Crippen LogP contribution in [-0.2, 0) is 6.54 Å². The Bertz CT molecular complexity index is 1390. The summed E-state index contributed by atoms with van der Waals surface area (Å²) in [6, 6.07) is 16.3. The first kappa shape index (κ1) is 20.6. The highest BCUT2D eigenvalue weighted by atomic mass is 15.3. The molecular weight excluding hydrogens is 424 g/mol. The number of benzene rings is 1. The summed E-state index contributed by atoms with van der Waals surface area (Å²) in [4.78, 5) is 9.81. The van der Waals surface area contributed by atoms with Crippen molar-refractivity contribution in [2.75, 3.05) is 38.6 Å². The molecule has 0 aliphatic carbocycles. The Kier molecular flexibility index (Phi) is 4.93. The predicted octanol–water partition coefficient (Wildman–Crippen LogP) is 3.42. The summed E-state index contributed by atoms with van der Waals surface area (Å²) >= 11 is 0. The first-order valence-corrected chi connectivity index (χ1v) is 11.6. The monoisotopic (exact) mass is 450 g/mol. The number of anilines is 1. The second-order valence-corrected chi connectivity index (χ2v) is 9.45. The van der Waals surface area contributed by atoms with Gasteiger partial charge in [0.15, 0.2) is 5.82 Å². The number of hydrogen-bond donors (Lipinski definition) is 0. The van der Waals surface area contributed by atoms with Gasteiger partial charge in [0.1, 0.15) is 12.1 Å². The first-order valence-electron chi connectivity index (χ1n) is 11.6. The zero-order chi connectivity index (χ0) is 23.2. The molecular formula is C26H26N8. The van der Waals surface area contributed by atoms with E-state index >= 15 is 0 Å². The molecule has 5 heterocycles. The summed E-state index contributed by atoms with van der Waals surface area (Å²) in [5.41, 5.74) is 5.84. The van der Waals surface area contributed by atoms with Gasteiger partial charge in [-0.05, 0) is 62.3 Å². The Balaban J connectivity index is 1.36. The lowest BCUT2D eigenvalue weighted by atomic mass is 10.1. The average Bonchev–Trinajstić information content (AvgIpc) is 3.57. The van der Waals surface area contributed by atoms with E-state index in [0.717, 1.165) is 59.5 Å². The molecule has 0 unspecified atom stereocenters. The van der Waals surface area contributed by atoms with Crippen LogP contribution < -0.4 is 4.90 Å². The van der Waals surface area contributed by atoms with E-state index < -0.39 is 0 Å². The van der Waals surface area contributed by atoms with Gasteiger partial charge in [-0.15, -0.1) is 10.2 Å². The molecule has 1 fully saturated rings. The lowest BCUT2D eigenvalue weighted by molar-refractivity contribution is 0.340. The molecule has 0 amide bonds. The van der Waals surface area contributed by atoms with Crippen LogP contribution in [0.1, 0.15) is 17.7 Å². The molecule has 0 saturated carbocycles. The number of nitriles is 1. The third kappa shape index (κ3) is 3.55. The molecule has 1 atom stereocenters. The average molecular weight is 451 g/mol. The Morgan fingerprint density at radius 2 is 1.97 bits per heavy atom. The molecule has 3 aromatic heterocycles. The smallest absolute Gasteiger partial charge is 0.185 e. The third-order valence-electron chi connectivity index (χ3n) is 6.77. The Hall–Kier alpha value is -3.96. The van der Waals surface area contributed by atoms with Crippen molar-refractivity contribution in [1.82, 2.24) is 29.2 Å². The molecule has 0 spiro atoms. The van der Waals surface area contributed by atoms with E-state index in [2.05, 4.69) is 69.1 Å². The summed E-state index contributed by atoms with van der Waals surface area (Å²) in [7, 11) is 4.28. The van der Waals surface area contributed by atoms with Crippen molar-refractivity contribution in [2.45, 2.75) is 13.0 Å². The van der Waals surface area contributed by atoms with Gasteiger partial charge in [-0.1, -0.05) is 12.1 Å². The molecule has 1 aromatic carbocycles. The van der Waals surface area contributed by atoms with Crippen LogP contribution in [0, 0.1) is 17.2 Å². The van der Waals surface area contributed by atoms with Crippen LogP contribution in [0.5, 0.6) is 0 Å². The molecule has 4 aromatic rings. The number of hydrogen-bond acceptors (Lipinski definition) is 6. The van der Waals surface area contributed by atoms with Gasteiger partial charge in [0, 0.05) is 31.4 Å². The van der Waals surface area contributed by atoms with Crippen LogP contribution >= 0.6 is 0 Å². The summed E-state index contributed by atoms with van der Waals surface area (Å²) < 4.78 is 4.24. The third-order valence-corrected chi connectivity index (χ3v) is 6.77. The van der Waals surface area contributed by atoms with Crippen LogP contribution in [0.2, 0.25) is 0 Å². The Labute approximate surface area is 198 Å². The second kappa shape index (κ2) is 8.12. The summed E-state index contributed by atoms with van der Waals surface area (Å²) in [6.07, 6.45) is 5.10. The van der Waals surface area contributed by atoms with Crippen LogP contribution in [0.4, 0.5) is 5.82 Å². The van der Waals surface area contributed by atoms with Gasteiger partial charge in [0.25, 0.3) is 0 Å². The SMILES string of the molecule is CN(C)C[C@@H]1CCN(c2ccc3c(n2)Cn2cc(-c4ccc(C#N)cc4)cc2-c2nncn2-3)C1. The number of pyridine rings is 1.